The first kappa shape index (κ1) is 12.2. The highest BCUT2D eigenvalue weighted by molar-refractivity contribution is 9.10. The molecule has 6 heteroatoms. The number of aliphatic hydroxyl groups is 1. The van der Waals surface area contributed by atoms with Gasteiger partial charge in [0.2, 0.25) is 0 Å². The summed E-state index contributed by atoms with van der Waals surface area (Å²) in [7, 11) is 0. The number of benzene rings is 1. The molecule has 0 bridgehead atoms. The maximum absolute atomic E-state index is 13.4. The van der Waals surface area contributed by atoms with Crippen molar-refractivity contribution in [2.75, 3.05) is 0 Å². The van der Waals surface area contributed by atoms with E-state index in [-0.39, 0.29) is 12.1 Å². The van der Waals surface area contributed by atoms with Crippen LogP contribution in [-0.4, -0.2) is 14.9 Å². The Labute approximate surface area is 105 Å². The molecular weight excluding hydrogens is 294 g/mol. The lowest BCUT2D eigenvalue weighted by Crippen LogP contribution is -2.10. The molecular formula is C11H9BrF2N2O. The smallest absolute Gasteiger partial charge is 0.129 e. The van der Waals surface area contributed by atoms with Crippen LogP contribution >= 0.6 is 15.9 Å². The maximum Gasteiger partial charge on any atom is 0.129 e. The van der Waals surface area contributed by atoms with Gasteiger partial charge < -0.3 is 5.11 Å². The number of hydrogen-bond donors (Lipinski definition) is 1. The van der Waals surface area contributed by atoms with E-state index in [4.69, 9.17) is 0 Å². The second kappa shape index (κ2) is 4.93. The van der Waals surface area contributed by atoms with Crippen LogP contribution in [0.1, 0.15) is 11.7 Å². The first-order valence-corrected chi connectivity index (χ1v) is 5.66. The lowest BCUT2D eigenvalue weighted by atomic mass is 10.1. The Kier molecular flexibility index (Phi) is 3.54. The molecule has 1 N–H and O–H groups in total. The van der Waals surface area contributed by atoms with Crippen molar-refractivity contribution < 1.29 is 13.9 Å². The molecule has 2 aromatic rings. The maximum atomic E-state index is 13.4. The fourth-order valence-corrected chi connectivity index (χ4v) is 1.81. The molecule has 17 heavy (non-hydrogen) atoms. The first-order chi connectivity index (χ1) is 8.06. The van der Waals surface area contributed by atoms with Crippen molar-refractivity contribution in [1.29, 1.82) is 0 Å². The van der Waals surface area contributed by atoms with Crippen LogP contribution in [0.3, 0.4) is 0 Å². The van der Waals surface area contributed by atoms with Gasteiger partial charge in [0.15, 0.2) is 0 Å². The molecule has 0 aliphatic carbocycles. The van der Waals surface area contributed by atoms with E-state index in [1.165, 1.54) is 4.68 Å². The van der Waals surface area contributed by atoms with Crippen molar-refractivity contribution in [3.05, 3.63) is 52.3 Å². The molecule has 0 amide bonds. The minimum atomic E-state index is -1.14. The predicted molar refractivity (Wildman–Crippen MR) is 61.2 cm³/mol. The van der Waals surface area contributed by atoms with E-state index in [0.29, 0.717) is 0 Å². The van der Waals surface area contributed by atoms with E-state index in [1.807, 2.05) is 0 Å². The van der Waals surface area contributed by atoms with Gasteiger partial charge in [0.1, 0.15) is 17.7 Å². The molecule has 3 nitrogen and oxygen atoms in total. The molecule has 0 radical (unpaired) electrons. The summed E-state index contributed by atoms with van der Waals surface area (Å²) in [5.74, 6) is -1.22. The third-order valence-electron chi connectivity index (χ3n) is 2.28. The third kappa shape index (κ3) is 2.89. The zero-order valence-corrected chi connectivity index (χ0v) is 10.2. The first-order valence-electron chi connectivity index (χ1n) is 4.87. The van der Waals surface area contributed by atoms with Crippen LogP contribution in [-0.2, 0) is 6.54 Å². The van der Waals surface area contributed by atoms with E-state index < -0.39 is 17.7 Å². The molecule has 1 unspecified atom stereocenters. The third-order valence-corrected chi connectivity index (χ3v) is 2.69. The molecule has 2 rings (SSSR count). The average molecular weight is 303 g/mol. The van der Waals surface area contributed by atoms with E-state index in [1.54, 1.807) is 12.4 Å². The number of rotatable bonds is 3. The van der Waals surface area contributed by atoms with E-state index >= 15 is 0 Å². The summed E-state index contributed by atoms with van der Waals surface area (Å²) in [6, 6.07) is 2.99. The van der Waals surface area contributed by atoms with Crippen LogP contribution in [0.15, 0.2) is 35.1 Å². The molecule has 0 aliphatic heterocycles. The van der Waals surface area contributed by atoms with Gasteiger partial charge in [-0.25, -0.2) is 8.78 Å². The number of halogens is 3. The summed E-state index contributed by atoms with van der Waals surface area (Å²) in [4.78, 5) is 0. The van der Waals surface area contributed by atoms with E-state index in [0.717, 1.165) is 22.7 Å². The highest BCUT2D eigenvalue weighted by atomic mass is 79.9. The topological polar surface area (TPSA) is 38.0 Å². The minimum Gasteiger partial charge on any atom is -0.386 e. The van der Waals surface area contributed by atoms with Gasteiger partial charge in [-0.2, -0.15) is 5.10 Å². The lowest BCUT2D eigenvalue weighted by Gasteiger charge is -2.12. The standard InChI is InChI=1S/C11H9BrF2N2O/c12-7-4-15-16(5-7)6-11(17)9-3-8(13)1-2-10(9)14/h1-5,11,17H,6H2. The van der Waals surface area contributed by atoms with Gasteiger partial charge in [-0.1, -0.05) is 0 Å². The van der Waals surface area contributed by atoms with Gasteiger partial charge in [-0.15, -0.1) is 0 Å². The monoisotopic (exact) mass is 302 g/mol. The molecule has 0 saturated heterocycles. The zero-order chi connectivity index (χ0) is 12.4. The summed E-state index contributed by atoms with van der Waals surface area (Å²) in [5.41, 5.74) is -0.0726. The van der Waals surface area contributed by atoms with Crippen LogP contribution < -0.4 is 0 Å². The second-order valence-electron chi connectivity index (χ2n) is 3.56. The predicted octanol–water partition coefficient (Wildman–Crippen LogP) is 2.66. The van der Waals surface area contributed by atoms with Crippen molar-refractivity contribution in [1.82, 2.24) is 9.78 Å². The van der Waals surface area contributed by atoms with Gasteiger partial charge >= 0.3 is 0 Å². The number of hydrogen-bond acceptors (Lipinski definition) is 2. The summed E-state index contributed by atoms with van der Waals surface area (Å²) in [5, 5.41) is 13.7. The molecule has 0 spiro atoms. The molecule has 0 saturated carbocycles. The lowest BCUT2D eigenvalue weighted by molar-refractivity contribution is 0.146. The number of aromatic nitrogens is 2. The molecule has 1 aromatic carbocycles. The molecule has 0 fully saturated rings. The molecule has 1 heterocycles. The molecule has 1 atom stereocenters. The zero-order valence-electron chi connectivity index (χ0n) is 8.65. The van der Waals surface area contributed by atoms with Gasteiger partial charge in [0.05, 0.1) is 17.2 Å². The summed E-state index contributed by atoms with van der Waals surface area (Å²) < 4.78 is 28.5. The van der Waals surface area contributed by atoms with Crippen LogP contribution in [0, 0.1) is 11.6 Å². The summed E-state index contributed by atoms with van der Waals surface area (Å²) in [6.45, 7) is 0.0615. The average Bonchev–Trinajstić information content (AvgIpc) is 2.67. The minimum absolute atomic E-state index is 0.0615. The van der Waals surface area contributed by atoms with Gasteiger partial charge in [-0.3, -0.25) is 4.68 Å². The number of nitrogens with zero attached hydrogens (tertiary/aromatic N) is 2. The SMILES string of the molecule is OC(Cn1cc(Br)cn1)c1cc(F)ccc1F. The van der Waals surface area contributed by atoms with Crippen molar-refractivity contribution in [2.45, 2.75) is 12.6 Å². The van der Waals surface area contributed by atoms with Crippen molar-refractivity contribution in [3.8, 4) is 0 Å². The van der Waals surface area contributed by atoms with Crippen LogP contribution in [0.25, 0.3) is 0 Å². The highest BCUT2D eigenvalue weighted by Gasteiger charge is 2.14. The Bertz CT molecular complexity index is 530. The Hall–Kier alpha value is -1.27. The van der Waals surface area contributed by atoms with Crippen molar-refractivity contribution in [2.24, 2.45) is 0 Å². The fraction of sp³-hybridized carbons (Fsp3) is 0.182. The highest BCUT2D eigenvalue weighted by Crippen LogP contribution is 2.20. The number of aliphatic hydroxyl groups excluding tert-OH is 1. The molecule has 0 aliphatic rings. The van der Waals surface area contributed by atoms with Crippen LogP contribution in [0.2, 0.25) is 0 Å². The Morgan fingerprint density at radius 3 is 2.82 bits per heavy atom. The van der Waals surface area contributed by atoms with E-state index in [2.05, 4.69) is 21.0 Å². The Morgan fingerprint density at radius 2 is 2.18 bits per heavy atom. The van der Waals surface area contributed by atoms with E-state index in [9.17, 15) is 13.9 Å². The van der Waals surface area contributed by atoms with Gasteiger partial charge in [-0.05, 0) is 34.1 Å². The van der Waals surface area contributed by atoms with Crippen LogP contribution in [0.4, 0.5) is 8.78 Å². The largest absolute Gasteiger partial charge is 0.386 e. The molecule has 1 aromatic heterocycles. The Morgan fingerprint density at radius 1 is 1.41 bits per heavy atom. The molecule has 90 valence electrons. The van der Waals surface area contributed by atoms with Gasteiger partial charge in [0.25, 0.3) is 0 Å². The van der Waals surface area contributed by atoms with Gasteiger partial charge in [0, 0.05) is 11.8 Å². The van der Waals surface area contributed by atoms with Crippen LogP contribution in [0.5, 0.6) is 0 Å². The van der Waals surface area contributed by atoms with Crippen molar-refractivity contribution >= 4 is 15.9 Å². The summed E-state index contributed by atoms with van der Waals surface area (Å²) in [6.07, 6.45) is 2.05. The Balaban J connectivity index is 2.19. The van der Waals surface area contributed by atoms with Crippen molar-refractivity contribution in [3.63, 3.8) is 0 Å². The summed E-state index contributed by atoms with van der Waals surface area (Å²) >= 11 is 3.21. The normalized spacial score (nSPS) is 12.7. The fourth-order valence-electron chi connectivity index (χ4n) is 1.48. The quantitative estimate of drug-likeness (QED) is 0.946. The second-order valence-corrected chi connectivity index (χ2v) is 4.48.